The van der Waals surface area contributed by atoms with E-state index in [0.717, 1.165) is 23.8 Å². The Bertz CT molecular complexity index is 690. The van der Waals surface area contributed by atoms with Gasteiger partial charge in [0.2, 0.25) is 0 Å². The second-order valence-electron chi connectivity index (χ2n) is 4.64. The lowest BCUT2D eigenvalue weighted by Gasteiger charge is -2.04. The summed E-state index contributed by atoms with van der Waals surface area (Å²) in [5.74, 6) is 2.29. The molecule has 0 bridgehead atoms. The van der Waals surface area contributed by atoms with Crippen LogP contribution in [0.4, 0.5) is 0 Å². The summed E-state index contributed by atoms with van der Waals surface area (Å²) in [6.45, 7) is 0.729. The molecule has 4 heteroatoms. The maximum Gasteiger partial charge on any atom is 0.165 e. The fourth-order valence-electron chi connectivity index (χ4n) is 2.03. The number of nitrogens with zero attached hydrogens (tertiary/aromatic N) is 2. The number of hydrogen-bond donors (Lipinski definition) is 0. The van der Waals surface area contributed by atoms with E-state index in [-0.39, 0.29) is 0 Å². The van der Waals surface area contributed by atoms with Crippen LogP contribution in [0, 0.1) is 0 Å². The average Bonchev–Trinajstić information content (AvgIpc) is 2.96. The summed E-state index contributed by atoms with van der Waals surface area (Å²) >= 11 is 0. The molecule has 0 atom stereocenters. The first-order valence-corrected chi connectivity index (χ1v) is 6.72. The van der Waals surface area contributed by atoms with Crippen molar-refractivity contribution in [3.63, 3.8) is 0 Å². The summed E-state index contributed by atoms with van der Waals surface area (Å²) in [6, 6.07) is 17.7. The normalized spacial score (nSPS) is 10.3. The number of aromatic nitrogens is 2. The van der Waals surface area contributed by atoms with Gasteiger partial charge < -0.3 is 9.47 Å². The fourth-order valence-corrected chi connectivity index (χ4v) is 2.03. The van der Waals surface area contributed by atoms with E-state index in [0.29, 0.717) is 0 Å². The quantitative estimate of drug-likeness (QED) is 0.714. The van der Waals surface area contributed by atoms with Gasteiger partial charge in [-0.05, 0) is 29.8 Å². The SMILES string of the molecule is COc1ccc(Oc2cnn(Cc3ccccc3)c2)cc1. The molecule has 0 spiro atoms. The van der Waals surface area contributed by atoms with E-state index in [1.165, 1.54) is 5.56 Å². The van der Waals surface area contributed by atoms with Crippen molar-refractivity contribution in [3.8, 4) is 17.2 Å². The highest BCUT2D eigenvalue weighted by Gasteiger charge is 2.02. The molecule has 0 fully saturated rings. The second-order valence-corrected chi connectivity index (χ2v) is 4.64. The Morgan fingerprint density at radius 2 is 1.62 bits per heavy atom. The van der Waals surface area contributed by atoms with Crippen LogP contribution < -0.4 is 9.47 Å². The maximum atomic E-state index is 5.76. The summed E-state index contributed by atoms with van der Waals surface area (Å²) in [5, 5.41) is 4.31. The van der Waals surface area contributed by atoms with Crippen LogP contribution in [0.15, 0.2) is 67.0 Å². The van der Waals surface area contributed by atoms with E-state index in [2.05, 4.69) is 17.2 Å². The van der Waals surface area contributed by atoms with Gasteiger partial charge in [-0.15, -0.1) is 0 Å². The third kappa shape index (κ3) is 3.42. The van der Waals surface area contributed by atoms with Crippen LogP contribution in [0.25, 0.3) is 0 Å². The summed E-state index contributed by atoms with van der Waals surface area (Å²) < 4.78 is 12.7. The van der Waals surface area contributed by atoms with Crippen molar-refractivity contribution in [3.05, 3.63) is 72.6 Å². The zero-order chi connectivity index (χ0) is 14.5. The lowest BCUT2D eigenvalue weighted by atomic mass is 10.2. The number of rotatable bonds is 5. The van der Waals surface area contributed by atoms with E-state index in [9.17, 15) is 0 Å². The molecule has 1 heterocycles. The van der Waals surface area contributed by atoms with Crippen LogP contribution in [0.3, 0.4) is 0 Å². The Morgan fingerprint density at radius 1 is 0.905 bits per heavy atom. The van der Waals surface area contributed by atoms with Gasteiger partial charge in [-0.25, -0.2) is 0 Å². The first-order valence-electron chi connectivity index (χ1n) is 6.72. The molecule has 106 valence electrons. The van der Waals surface area contributed by atoms with Crippen LogP contribution >= 0.6 is 0 Å². The molecule has 3 aromatic rings. The molecule has 0 N–H and O–H groups in total. The Morgan fingerprint density at radius 3 is 2.33 bits per heavy atom. The highest BCUT2D eigenvalue weighted by atomic mass is 16.5. The van der Waals surface area contributed by atoms with Crippen molar-refractivity contribution in [2.45, 2.75) is 6.54 Å². The van der Waals surface area contributed by atoms with Crippen LogP contribution in [0.1, 0.15) is 5.56 Å². The monoisotopic (exact) mass is 280 g/mol. The summed E-state index contributed by atoms with van der Waals surface area (Å²) in [4.78, 5) is 0. The van der Waals surface area contributed by atoms with Crippen molar-refractivity contribution in [1.82, 2.24) is 9.78 Å². The number of ether oxygens (including phenoxy) is 2. The molecule has 0 saturated carbocycles. The molecular formula is C17H16N2O2. The molecule has 0 saturated heterocycles. The van der Waals surface area contributed by atoms with Crippen LogP contribution in [-0.2, 0) is 6.54 Å². The standard InChI is InChI=1S/C17H16N2O2/c1-20-15-7-9-16(10-8-15)21-17-11-18-19(13-17)12-14-5-3-2-4-6-14/h2-11,13H,12H2,1H3. The minimum absolute atomic E-state index is 0.719. The van der Waals surface area contributed by atoms with Gasteiger partial charge in [0.25, 0.3) is 0 Å². The molecule has 0 amide bonds. The van der Waals surface area contributed by atoms with Crippen molar-refractivity contribution in [2.75, 3.05) is 7.11 Å². The number of methoxy groups -OCH3 is 1. The lowest BCUT2D eigenvalue weighted by molar-refractivity contribution is 0.413. The van der Waals surface area contributed by atoms with E-state index < -0.39 is 0 Å². The zero-order valence-corrected chi connectivity index (χ0v) is 11.8. The van der Waals surface area contributed by atoms with E-state index in [1.807, 2.05) is 53.3 Å². The summed E-state index contributed by atoms with van der Waals surface area (Å²) in [5.41, 5.74) is 1.21. The predicted molar refractivity (Wildman–Crippen MR) is 80.8 cm³/mol. The summed E-state index contributed by atoms with van der Waals surface area (Å²) in [7, 11) is 1.64. The smallest absolute Gasteiger partial charge is 0.165 e. The lowest BCUT2D eigenvalue weighted by Crippen LogP contribution is -1.99. The molecule has 0 aliphatic heterocycles. The molecular weight excluding hydrogens is 264 g/mol. The van der Waals surface area contributed by atoms with Crippen molar-refractivity contribution >= 4 is 0 Å². The first kappa shape index (κ1) is 13.2. The van der Waals surface area contributed by atoms with Gasteiger partial charge in [0.05, 0.1) is 26.0 Å². The van der Waals surface area contributed by atoms with Crippen molar-refractivity contribution in [2.24, 2.45) is 0 Å². The predicted octanol–water partition coefficient (Wildman–Crippen LogP) is 3.73. The molecule has 4 nitrogen and oxygen atoms in total. The minimum Gasteiger partial charge on any atom is -0.497 e. The topological polar surface area (TPSA) is 36.3 Å². The molecule has 0 unspecified atom stereocenters. The molecule has 0 aliphatic carbocycles. The Balaban J connectivity index is 1.67. The van der Waals surface area contributed by atoms with Gasteiger partial charge >= 0.3 is 0 Å². The Kier molecular flexibility index (Phi) is 3.87. The number of benzene rings is 2. The largest absolute Gasteiger partial charge is 0.497 e. The first-order chi connectivity index (χ1) is 10.3. The van der Waals surface area contributed by atoms with Crippen LogP contribution in [-0.4, -0.2) is 16.9 Å². The number of hydrogen-bond acceptors (Lipinski definition) is 3. The van der Waals surface area contributed by atoms with Gasteiger partial charge in [0, 0.05) is 0 Å². The highest BCUT2D eigenvalue weighted by molar-refractivity contribution is 5.34. The van der Waals surface area contributed by atoms with E-state index in [4.69, 9.17) is 9.47 Å². The average molecular weight is 280 g/mol. The van der Waals surface area contributed by atoms with E-state index >= 15 is 0 Å². The molecule has 0 radical (unpaired) electrons. The van der Waals surface area contributed by atoms with Gasteiger partial charge in [-0.2, -0.15) is 5.10 Å². The van der Waals surface area contributed by atoms with Crippen LogP contribution in [0.2, 0.25) is 0 Å². The Labute approximate surface area is 123 Å². The zero-order valence-electron chi connectivity index (χ0n) is 11.8. The van der Waals surface area contributed by atoms with Gasteiger partial charge in [0.1, 0.15) is 11.5 Å². The molecule has 3 rings (SSSR count). The fraction of sp³-hybridized carbons (Fsp3) is 0.118. The highest BCUT2D eigenvalue weighted by Crippen LogP contribution is 2.23. The molecule has 2 aromatic carbocycles. The third-order valence-corrected chi connectivity index (χ3v) is 3.09. The van der Waals surface area contributed by atoms with Crippen molar-refractivity contribution < 1.29 is 9.47 Å². The summed E-state index contributed by atoms with van der Waals surface area (Å²) in [6.07, 6.45) is 3.60. The molecule has 0 aliphatic rings. The Hall–Kier alpha value is -2.75. The third-order valence-electron chi connectivity index (χ3n) is 3.09. The van der Waals surface area contributed by atoms with Crippen molar-refractivity contribution in [1.29, 1.82) is 0 Å². The maximum absolute atomic E-state index is 5.76. The minimum atomic E-state index is 0.719. The molecule has 21 heavy (non-hydrogen) atoms. The van der Waals surface area contributed by atoms with Crippen LogP contribution in [0.5, 0.6) is 17.2 Å². The van der Waals surface area contributed by atoms with Gasteiger partial charge in [0.15, 0.2) is 5.75 Å². The van der Waals surface area contributed by atoms with E-state index in [1.54, 1.807) is 13.3 Å². The van der Waals surface area contributed by atoms with Gasteiger partial charge in [-0.1, -0.05) is 30.3 Å². The van der Waals surface area contributed by atoms with Gasteiger partial charge in [-0.3, -0.25) is 4.68 Å². The molecule has 1 aromatic heterocycles. The second kappa shape index (κ2) is 6.13.